The maximum Gasteiger partial charge on any atom is 0.220 e. The molecule has 0 spiro atoms. The Kier molecular flexibility index (Phi) is 6.05. The molecule has 0 saturated carbocycles. The average molecular weight is 346 g/mol. The number of carbonyl (C=O) groups excluding carboxylic acids is 1. The van der Waals surface area contributed by atoms with Gasteiger partial charge < -0.3 is 5.32 Å². The maximum absolute atomic E-state index is 13.2. The summed E-state index contributed by atoms with van der Waals surface area (Å²) in [5, 5.41) is 13.9. The summed E-state index contributed by atoms with van der Waals surface area (Å²) < 4.78 is 14.8. The molecule has 25 heavy (non-hydrogen) atoms. The van der Waals surface area contributed by atoms with Gasteiger partial charge in [0.05, 0.1) is 6.04 Å². The SMILES string of the molecule is O=C(CCCn1cnnn1)NC[C@H](c1ccc(F)cc1)N1CCCC1. The van der Waals surface area contributed by atoms with E-state index < -0.39 is 0 Å². The summed E-state index contributed by atoms with van der Waals surface area (Å²) in [6.45, 7) is 3.18. The highest BCUT2D eigenvalue weighted by atomic mass is 19.1. The summed E-state index contributed by atoms with van der Waals surface area (Å²) in [5.74, 6) is -0.227. The van der Waals surface area contributed by atoms with Crippen LogP contribution in [0.4, 0.5) is 4.39 Å². The first-order valence-electron chi connectivity index (χ1n) is 8.69. The molecule has 1 N–H and O–H groups in total. The van der Waals surface area contributed by atoms with Crippen molar-refractivity contribution in [1.82, 2.24) is 30.4 Å². The Balaban J connectivity index is 1.51. The van der Waals surface area contributed by atoms with Crippen molar-refractivity contribution in [2.75, 3.05) is 19.6 Å². The van der Waals surface area contributed by atoms with Crippen LogP contribution >= 0.6 is 0 Å². The Labute approximate surface area is 146 Å². The molecule has 0 radical (unpaired) electrons. The molecule has 1 aliphatic heterocycles. The van der Waals surface area contributed by atoms with Gasteiger partial charge in [-0.3, -0.25) is 9.69 Å². The second kappa shape index (κ2) is 8.66. The van der Waals surface area contributed by atoms with Crippen LogP contribution in [0.15, 0.2) is 30.6 Å². The monoisotopic (exact) mass is 346 g/mol. The second-order valence-electron chi connectivity index (χ2n) is 6.29. The third-order valence-electron chi connectivity index (χ3n) is 4.51. The minimum absolute atomic E-state index is 0.0133. The number of hydrogen-bond donors (Lipinski definition) is 1. The number of benzene rings is 1. The van der Waals surface area contributed by atoms with Crippen LogP contribution < -0.4 is 5.32 Å². The van der Waals surface area contributed by atoms with Gasteiger partial charge in [0, 0.05) is 19.5 Å². The lowest BCUT2D eigenvalue weighted by atomic mass is 10.1. The number of hydrogen-bond acceptors (Lipinski definition) is 5. The van der Waals surface area contributed by atoms with Crippen molar-refractivity contribution in [2.45, 2.75) is 38.3 Å². The van der Waals surface area contributed by atoms with Crippen LogP contribution in [-0.2, 0) is 11.3 Å². The Hall–Kier alpha value is -2.35. The van der Waals surface area contributed by atoms with Gasteiger partial charge >= 0.3 is 0 Å². The van der Waals surface area contributed by atoms with Gasteiger partial charge in [0.1, 0.15) is 12.1 Å². The number of aryl methyl sites for hydroxylation is 1. The number of nitrogens with one attached hydrogen (secondary N) is 1. The highest BCUT2D eigenvalue weighted by molar-refractivity contribution is 5.75. The van der Waals surface area contributed by atoms with Gasteiger partial charge in [-0.2, -0.15) is 0 Å². The first-order valence-corrected chi connectivity index (χ1v) is 8.69. The van der Waals surface area contributed by atoms with Crippen molar-refractivity contribution in [3.63, 3.8) is 0 Å². The van der Waals surface area contributed by atoms with Crippen LogP contribution in [0.25, 0.3) is 0 Å². The van der Waals surface area contributed by atoms with Gasteiger partial charge in [-0.05, 0) is 60.5 Å². The predicted octanol–water partition coefficient (Wildman–Crippen LogP) is 1.55. The molecule has 3 rings (SSSR count). The zero-order chi connectivity index (χ0) is 17.5. The molecule has 1 amide bonds. The summed E-state index contributed by atoms with van der Waals surface area (Å²) >= 11 is 0. The van der Waals surface area contributed by atoms with E-state index in [2.05, 4.69) is 25.7 Å². The van der Waals surface area contributed by atoms with E-state index in [0.717, 1.165) is 31.5 Å². The third kappa shape index (κ3) is 5.06. The Bertz CT molecular complexity index is 654. The normalized spacial score (nSPS) is 16.0. The first kappa shape index (κ1) is 17.5. The molecule has 134 valence electrons. The zero-order valence-electron chi connectivity index (χ0n) is 14.1. The largest absolute Gasteiger partial charge is 0.354 e. The van der Waals surface area contributed by atoms with Crippen LogP contribution in [-0.4, -0.2) is 50.6 Å². The molecule has 1 aromatic heterocycles. The molecule has 1 aliphatic rings. The van der Waals surface area contributed by atoms with Gasteiger partial charge in [0.2, 0.25) is 5.91 Å². The molecule has 1 atom stereocenters. The second-order valence-corrected chi connectivity index (χ2v) is 6.29. The molecule has 1 aromatic carbocycles. The number of aromatic nitrogens is 4. The lowest BCUT2D eigenvalue weighted by Gasteiger charge is -2.28. The van der Waals surface area contributed by atoms with Gasteiger partial charge in [-0.1, -0.05) is 12.1 Å². The zero-order valence-corrected chi connectivity index (χ0v) is 14.1. The summed E-state index contributed by atoms with van der Waals surface area (Å²) in [4.78, 5) is 14.5. The minimum Gasteiger partial charge on any atom is -0.354 e. The first-order chi connectivity index (χ1) is 12.2. The molecule has 0 bridgehead atoms. The quantitative estimate of drug-likeness (QED) is 0.785. The molecule has 1 fully saturated rings. The number of tetrazole rings is 1. The van der Waals surface area contributed by atoms with E-state index in [-0.39, 0.29) is 17.8 Å². The smallest absolute Gasteiger partial charge is 0.220 e. The van der Waals surface area contributed by atoms with Gasteiger partial charge in [-0.15, -0.1) is 5.10 Å². The Morgan fingerprint density at radius 3 is 2.68 bits per heavy atom. The van der Waals surface area contributed by atoms with Crippen LogP contribution in [0.2, 0.25) is 0 Å². The highest BCUT2D eigenvalue weighted by Gasteiger charge is 2.23. The predicted molar refractivity (Wildman–Crippen MR) is 90.0 cm³/mol. The molecular formula is C17H23FN6O. The van der Waals surface area contributed by atoms with E-state index in [1.807, 2.05) is 12.1 Å². The fraction of sp³-hybridized carbons (Fsp3) is 0.529. The van der Waals surface area contributed by atoms with Crippen molar-refractivity contribution in [3.05, 3.63) is 42.0 Å². The van der Waals surface area contributed by atoms with Crippen LogP contribution in [0.3, 0.4) is 0 Å². The minimum atomic E-state index is -0.240. The van der Waals surface area contributed by atoms with Crippen molar-refractivity contribution in [1.29, 1.82) is 0 Å². The molecule has 0 unspecified atom stereocenters. The number of nitrogens with zero attached hydrogens (tertiary/aromatic N) is 5. The van der Waals surface area contributed by atoms with Gasteiger partial charge in [-0.25, -0.2) is 9.07 Å². The molecular weight excluding hydrogens is 323 g/mol. The van der Waals surface area contributed by atoms with Crippen molar-refractivity contribution in [2.24, 2.45) is 0 Å². The number of likely N-dealkylation sites (tertiary alicyclic amines) is 1. The number of amides is 1. The maximum atomic E-state index is 13.2. The summed E-state index contributed by atoms with van der Waals surface area (Å²) in [6, 6.07) is 6.66. The molecule has 0 aliphatic carbocycles. The Morgan fingerprint density at radius 1 is 1.24 bits per heavy atom. The molecule has 8 heteroatoms. The fourth-order valence-corrected chi connectivity index (χ4v) is 3.18. The Morgan fingerprint density at radius 2 is 2.00 bits per heavy atom. The van der Waals surface area contributed by atoms with Crippen LogP contribution in [0.1, 0.15) is 37.3 Å². The number of rotatable bonds is 8. The average Bonchev–Trinajstić information content (AvgIpc) is 3.30. The molecule has 2 aromatic rings. The summed E-state index contributed by atoms with van der Waals surface area (Å²) in [6.07, 6.45) is 4.98. The van der Waals surface area contributed by atoms with Crippen molar-refractivity contribution >= 4 is 5.91 Å². The van der Waals surface area contributed by atoms with E-state index in [4.69, 9.17) is 0 Å². The van der Waals surface area contributed by atoms with E-state index in [1.165, 1.54) is 18.5 Å². The van der Waals surface area contributed by atoms with Crippen LogP contribution in [0.5, 0.6) is 0 Å². The highest BCUT2D eigenvalue weighted by Crippen LogP contribution is 2.24. The standard InChI is InChI=1S/C17H23FN6O/c18-15-7-5-14(6-8-15)16(23-9-1-2-10-23)12-19-17(25)4-3-11-24-13-20-21-22-24/h5-8,13,16H,1-4,9-12H2,(H,19,25)/t16-/m1/s1. The number of carbonyl (C=O) groups is 1. The van der Waals surface area contributed by atoms with Crippen molar-refractivity contribution < 1.29 is 9.18 Å². The van der Waals surface area contributed by atoms with Crippen molar-refractivity contribution in [3.8, 4) is 0 Å². The number of halogens is 1. The fourth-order valence-electron chi connectivity index (χ4n) is 3.18. The van der Waals surface area contributed by atoms with Crippen LogP contribution in [0, 0.1) is 5.82 Å². The lowest BCUT2D eigenvalue weighted by Crippen LogP contribution is -2.36. The summed E-state index contributed by atoms with van der Waals surface area (Å²) in [7, 11) is 0. The molecule has 7 nitrogen and oxygen atoms in total. The van der Waals surface area contributed by atoms with E-state index in [0.29, 0.717) is 25.9 Å². The molecule has 2 heterocycles. The van der Waals surface area contributed by atoms with Gasteiger partial charge in [0.15, 0.2) is 0 Å². The third-order valence-corrected chi connectivity index (χ3v) is 4.51. The molecule has 1 saturated heterocycles. The lowest BCUT2D eigenvalue weighted by molar-refractivity contribution is -0.121. The van der Waals surface area contributed by atoms with Gasteiger partial charge in [0.25, 0.3) is 0 Å². The summed E-state index contributed by atoms with van der Waals surface area (Å²) in [5.41, 5.74) is 1.04. The van der Waals surface area contributed by atoms with E-state index in [9.17, 15) is 9.18 Å². The van der Waals surface area contributed by atoms with E-state index in [1.54, 1.807) is 4.68 Å². The topological polar surface area (TPSA) is 75.9 Å². The van der Waals surface area contributed by atoms with E-state index >= 15 is 0 Å².